The van der Waals surface area contributed by atoms with Crippen molar-refractivity contribution in [3.05, 3.63) is 89.5 Å². The molecule has 0 aliphatic rings. The van der Waals surface area contributed by atoms with Crippen molar-refractivity contribution in [1.29, 1.82) is 0 Å². The first kappa shape index (κ1) is 21.6. The molecule has 0 bridgehead atoms. The van der Waals surface area contributed by atoms with Gasteiger partial charge in [-0.1, -0.05) is 24.3 Å². The minimum Gasteiger partial charge on any atom is -0.497 e. The van der Waals surface area contributed by atoms with Crippen molar-refractivity contribution in [2.45, 2.75) is 0 Å². The van der Waals surface area contributed by atoms with E-state index in [2.05, 4.69) is 0 Å². The Morgan fingerprint density at radius 1 is 0.710 bits per heavy atom. The topological polar surface area (TPSA) is 71.1 Å². The first-order valence-corrected chi connectivity index (χ1v) is 9.45. The minimum absolute atomic E-state index is 0.167. The second-order valence-corrected chi connectivity index (χ2v) is 6.42. The molecule has 0 heterocycles. The van der Waals surface area contributed by atoms with Crippen LogP contribution in [0.1, 0.15) is 26.3 Å². The summed E-state index contributed by atoms with van der Waals surface area (Å²) in [5.74, 6) is 0.959. The number of methoxy groups -OCH3 is 3. The number of rotatable bonds is 8. The van der Waals surface area contributed by atoms with Gasteiger partial charge in [0, 0.05) is 5.56 Å². The van der Waals surface area contributed by atoms with Gasteiger partial charge in [0.1, 0.15) is 28.6 Å². The van der Waals surface area contributed by atoms with Gasteiger partial charge in [-0.15, -0.1) is 0 Å². The Labute approximate surface area is 180 Å². The second-order valence-electron chi connectivity index (χ2n) is 6.42. The maximum Gasteiger partial charge on any atom is 0.351 e. The highest BCUT2D eigenvalue weighted by atomic mass is 16.5. The average molecular weight is 418 g/mol. The van der Waals surface area contributed by atoms with Gasteiger partial charge in [0.15, 0.2) is 5.78 Å². The molecule has 31 heavy (non-hydrogen) atoms. The lowest BCUT2D eigenvalue weighted by molar-refractivity contribution is 0.0727. The van der Waals surface area contributed by atoms with Crippen LogP contribution >= 0.6 is 0 Å². The molecule has 0 aliphatic carbocycles. The van der Waals surface area contributed by atoms with Crippen LogP contribution in [0.5, 0.6) is 23.0 Å². The van der Waals surface area contributed by atoms with E-state index < -0.39 is 5.97 Å². The number of carbonyl (C=O) groups is 2. The van der Waals surface area contributed by atoms with E-state index in [1.165, 1.54) is 20.3 Å². The molecule has 3 aromatic carbocycles. The maximum atomic E-state index is 12.6. The molecule has 0 atom stereocenters. The largest absolute Gasteiger partial charge is 0.497 e. The SMILES string of the molecule is COc1ccc(C=CC(=O)c2ccc(OC(=O)c3c(OC)cccc3OC)cc2)cc1. The van der Waals surface area contributed by atoms with Gasteiger partial charge in [-0.25, -0.2) is 4.79 Å². The van der Waals surface area contributed by atoms with Crippen LogP contribution in [0.15, 0.2) is 72.8 Å². The Kier molecular flexibility index (Phi) is 7.06. The van der Waals surface area contributed by atoms with Crippen LogP contribution in [0.4, 0.5) is 0 Å². The van der Waals surface area contributed by atoms with Crippen molar-refractivity contribution in [2.24, 2.45) is 0 Å². The van der Waals surface area contributed by atoms with E-state index in [9.17, 15) is 9.59 Å². The Morgan fingerprint density at radius 2 is 1.29 bits per heavy atom. The van der Waals surface area contributed by atoms with Crippen LogP contribution in [0.2, 0.25) is 0 Å². The van der Waals surface area contributed by atoms with E-state index in [0.29, 0.717) is 22.8 Å². The summed E-state index contributed by atoms with van der Waals surface area (Å²) in [4.78, 5) is 25.0. The molecule has 6 nitrogen and oxygen atoms in total. The Morgan fingerprint density at radius 3 is 1.84 bits per heavy atom. The summed E-state index contributed by atoms with van der Waals surface area (Å²) < 4.78 is 21.0. The number of hydrogen-bond acceptors (Lipinski definition) is 6. The van der Waals surface area contributed by atoms with Gasteiger partial charge in [-0.3, -0.25) is 4.79 Å². The number of esters is 1. The summed E-state index contributed by atoms with van der Waals surface area (Å²) >= 11 is 0. The fraction of sp³-hybridized carbons (Fsp3) is 0.120. The lowest BCUT2D eigenvalue weighted by atomic mass is 10.1. The third kappa shape index (κ3) is 5.30. The molecule has 3 rings (SSSR count). The fourth-order valence-corrected chi connectivity index (χ4v) is 2.88. The third-order valence-corrected chi connectivity index (χ3v) is 4.52. The summed E-state index contributed by atoms with van der Waals surface area (Å²) in [6.07, 6.45) is 3.21. The monoisotopic (exact) mass is 418 g/mol. The summed E-state index contributed by atoms with van der Waals surface area (Å²) in [5, 5.41) is 0. The summed E-state index contributed by atoms with van der Waals surface area (Å²) in [6, 6.07) is 18.7. The molecule has 0 aromatic heterocycles. The highest BCUT2D eigenvalue weighted by molar-refractivity contribution is 6.07. The molecule has 0 fully saturated rings. The smallest absolute Gasteiger partial charge is 0.351 e. The first-order valence-electron chi connectivity index (χ1n) is 9.45. The predicted octanol–water partition coefficient (Wildman–Crippen LogP) is 4.83. The van der Waals surface area contributed by atoms with Gasteiger partial charge in [-0.2, -0.15) is 0 Å². The van der Waals surface area contributed by atoms with E-state index >= 15 is 0 Å². The number of carbonyl (C=O) groups excluding carboxylic acids is 2. The van der Waals surface area contributed by atoms with E-state index in [-0.39, 0.29) is 11.3 Å². The molecule has 0 N–H and O–H groups in total. The van der Waals surface area contributed by atoms with Crippen LogP contribution in [0.25, 0.3) is 6.08 Å². The van der Waals surface area contributed by atoms with E-state index in [1.54, 1.807) is 55.7 Å². The summed E-state index contributed by atoms with van der Waals surface area (Å²) in [6.45, 7) is 0. The number of ketones is 1. The standard InChI is InChI=1S/C25H22O6/c1-28-19-12-7-17(8-13-19)9-16-21(26)18-10-14-20(15-11-18)31-25(27)24-22(29-2)5-4-6-23(24)30-3/h4-16H,1-3H3. The Bertz CT molecular complexity index is 1060. The van der Waals surface area contributed by atoms with Gasteiger partial charge in [0.25, 0.3) is 0 Å². The van der Waals surface area contributed by atoms with Gasteiger partial charge < -0.3 is 18.9 Å². The number of hydrogen-bond donors (Lipinski definition) is 0. The highest BCUT2D eigenvalue weighted by Gasteiger charge is 2.20. The molecule has 0 aliphatic heterocycles. The average Bonchev–Trinajstić information content (AvgIpc) is 2.82. The molecule has 0 radical (unpaired) electrons. The molecule has 0 saturated heterocycles. The minimum atomic E-state index is -0.618. The van der Waals surface area contributed by atoms with Crippen molar-refractivity contribution in [3.63, 3.8) is 0 Å². The molecule has 0 amide bonds. The molecular weight excluding hydrogens is 396 g/mol. The first-order chi connectivity index (χ1) is 15.0. The van der Waals surface area contributed by atoms with E-state index in [1.807, 2.05) is 24.3 Å². The molecule has 0 spiro atoms. The summed E-state index contributed by atoms with van der Waals surface area (Å²) in [5.41, 5.74) is 1.54. The number of benzene rings is 3. The van der Waals surface area contributed by atoms with Crippen LogP contribution in [-0.2, 0) is 0 Å². The molecular formula is C25H22O6. The number of ether oxygens (including phenoxy) is 4. The third-order valence-electron chi connectivity index (χ3n) is 4.52. The maximum absolute atomic E-state index is 12.6. The van der Waals surface area contributed by atoms with Crippen LogP contribution in [0.3, 0.4) is 0 Å². The molecule has 0 saturated carbocycles. The zero-order valence-electron chi connectivity index (χ0n) is 17.5. The van der Waals surface area contributed by atoms with E-state index in [0.717, 1.165) is 11.3 Å². The van der Waals surface area contributed by atoms with Crippen molar-refractivity contribution in [1.82, 2.24) is 0 Å². The molecule has 6 heteroatoms. The van der Waals surface area contributed by atoms with Crippen molar-refractivity contribution in [2.75, 3.05) is 21.3 Å². The quantitative estimate of drug-likeness (QED) is 0.226. The Balaban J connectivity index is 1.69. The fourth-order valence-electron chi connectivity index (χ4n) is 2.88. The Hall–Kier alpha value is -4.06. The van der Waals surface area contributed by atoms with Gasteiger partial charge in [0.2, 0.25) is 0 Å². The lowest BCUT2D eigenvalue weighted by Gasteiger charge is -2.12. The van der Waals surface area contributed by atoms with Gasteiger partial charge in [-0.05, 0) is 60.2 Å². The normalized spacial score (nSPS) is 10.5. The predicted molar refractivity (Wildman–Crippen MR) is 117 cm³/mol. The van der Waals surface area contributed by atoms with Crippen LogP contribution in [-0.4, -0.2) is 33.1 Å². The molecule has 0 unspecified atom stereocenters. The van der Waals surface area contributed by atoms with Crippen LogP contribution < -0.4 is 18.9 Å². The van der Waals surface area contributed by atoms with Crippen LogP contribution in [0, 0.1) is 0 Å². The van der Waals surface area contributed by atoms with Gasteiger partial charge in [0.05, 0.1) is 21.3 Å². The zero-order valence-corrected chi connectivity index (χ0v) is 17.5. The van der Waals surface area contributed by atoms with E-state index in [4.69, 9.17) is 18.9 Å². The number of allylic oxidation sites excluding steroid dienone is 1. The molecule has 3 aromatic rings. The second kappa shape index (κ2) is 10.1. The summed E-state index contributed by atoms with van der Waals surface area (Å²) in [7, 11) is 4.53. The molecule has 158 valence electrons. The van der Waals surface area contributed by atoms with Crippen molar-refractivity contribution in [3.8, 4) is 23.0 Å². The van der Waals surface area contributed by atoms with Crippen molar-refractivity contribution < 1.29 is 28.5 Å². The highest BCUT2D eigenvalue weighted by Crippen LogP contribution is 2.29. The van der Waals surface area contributed by atoms with Gasteiger partial charge >= 0.3 is 5.97 Å². The zero-order chi connectivity index (χ0) is 22.2. The lowest BCUT2D eigenvalue weighted by Crippen LogP contribution is -2.12. The van der Waals surface area contributed by atoms with Crippen molar-refractivity contribution >= 4 is 17.8 Å².